The fourth-order valence-electron chi connectivity index (χ4n) is 2.36. The van der Waals surface area contributed by atoms with Gasteiger partial charge in [-0.1, -0.05) is 19.1 Å². The van der Waals surface area contributed by atoms with Gasteiger partial charge in [0.1, 0.15) is 5.92 Å². The first-order chi connectivity index (χ1) is 9.52. The molecule has 0 aliphatic heterocycles. The van der Waals surface area contributed by atoms with Crippen LogP contribution in [0.4, 0.5) is 5.69 Å². The van der Waals surface area contributed by atoms with Crippen LogP contribution in [0, 0.1) is 15.4 Å². The lowest BCUT2D eigenvalue weighted by Gasteiger charge is -2.26. The van der Waals surface area contributed by atoms with Crippen molar-refractivity contribution in [3.05, 3.63) is 39.6 Å². The van der Waals surface area contributed by atoms with Crippen molar-refractivity contribution < 1.29 is 14.3 Å². The molecule has 4 nitrogen and oxygen atoms in total. The molecule has 0 heterocycles. The van der Waals surface area contributed by atoms with Gasteiger partial charge in [0.2, 0.25) is 0 Å². The van der Waals surface area contributed by atoms with Gasteiger partial charge in [0.25, 0.3) is 0 Å². The Balaban J connectivity index is 2.18. The van der Waals surface area contributed by atoms with Crippen LogP contribution in [0.25, 0.3) is 0 Å². The van der Waals surface area contributed by atoms with E-state index in [1.807, 2.05) is 31.2 Å². The van der Waals surface area contributed by atoms with E-state index in [1.54, 1.807) is 0 Å². The van der Waals surface area contributed by atoms with Crippen LogP contribution in [0.15, 0.2) is 36.0 Å². The fourth-order valence-corrected chi connectivity index (χ4v) is 2.89. The number of ether oxygens (including phenoxy) is 1. The summed E-state index contributed by atoms with van der Waals surface area (Å²) in [5.41, 5.74) is 1.81. The summed E-state index contributed by atoms with van der Waals surface area (Å²) in [5.74, 6) is -1.39. The Morgan fingerprint density at radius 1 is 1.40 bits per heavy atom. The van der Waals surface area contributed by atoms with Gasteiger partial charge in [-0.15, -0.1) is 0 Å². The van der Waals surface area contributed by atoms with Crippen LogP contribution in [0.1, 0.15) is 13.3 Å². The molecule has 0 saturated heterocycles. The molecule has 0 bridgehead atoms. The first-order valence-electron chi connectivity index (χ1n) is 6.36. The number of esters is 1. The van der Waals surface area contributed by atoms with Crippen LogP contribution >= 0.6 is 22.6 Å². The Morgan fingerprint density at radius 3 is 2.70 bits per heavy atom. The number of benzene rings is 1. The number of methoxy groups -OCH3 is 1. The van der Waals surface area contributed by atoms with Crippen molar-refractivity contribution in [1.29, 1.82) is 0 Å². The molecular weight excluding hydrogens is 369 g/mol. The van der Waals surface area contributed by atoms with Gasteiger partial charge in [0.15, 0.2) is 5.78 Å². The molecular formula is C15H16INO3. The van der Waals surface area contributed by atoms with E-state index in [-0.39, 0.29) is 11.7 Å². The number of para-hydroxylation sites is 1. The zero-order chi connectivity index (χ0) is 14.7. The van der Waals surface area contributed by atoms with Gasteiger partial charge in [-0.2, -0.15) is 0 Å². The third-order valence-corrected chi connectivity index (χ3v) is 4.30. The molecule has 1 aromatic carbocycles. The molecule has 20 heavy (non-hydrogen) atoms. The average Bonchev–Trinajstić information content (AvgIpc) is 2.40. The predicted molar refractivity (Wildman–Crippen MR) is 85.2 cm³/mol. The summed E-state index contributed by atoms with van der Waals surface area (Å²) in [6.45, 7) is 1.89. The lowest BCUT2D eigenvalue weighted by molar-refractivity contribution is -0.150. The van der Waals surface area contributed by atoms with Crippen LogP contribution in [0.3, 0.4) is 0 Å². The molecule has 0 aromatic heterocycles. The van der Waals surface area contributed by atoms with E-state index < -0.39 is 11.9 Å². The Bertz CT molecular complexity index is 568. The van der Waals surface area contributed by atoms with Crippen molar-refractivity contribution in [2.45, 2.75) is 13.3 Å². The van der Waals surface area contributed by atoms with Crippen molar-refractivity contribution in [3.63, 3.8) is 0 Å². The van der Waals surface area contributed by atoms with Gasteiger partial charge in [-0.3, -0.25) is 9.59 Å². The zero-order valence-electron chi connectivity index (χ0n) is 11.4. The number of rotatable bonds is 3. The molecule has 5 heteroatoms. The largest absolute Gasteiger partial charge is 0.468 e. The topological polar surface area (TPSA) is 55.4 Å². The van der Waals surface area contributed by atoms with E-state index >= 15 is 0 Å². The predicted octanol–water partition coefficient (Wildman–Crippen LogP) is 2.99. The second-order valence-electron chi connectivity index (χ2n) is 4.86. The standard InChI is InChI=1S/C15H16INO3/c1-9-7-10(8-13(18)14(9)15(19)20-2)17-12-6-4-3-5-11(12)16/h3-6,8-9,14,17H,7H2,1-2H3/t9-,14+/m1/s1. The van der Waals surface area contributed by atoms with Gasteiger partial charge in [-0.25, -0.2) is 0 Å². The van der Waals surface area contributed by atoms with Gasteiger partial charge < -0.3 is 10.1 Å². The van der Waals surface area contributed by atoms with Crippen molar-refractivity contribution >= 4 is 40.0 Å². The second kappa shape index (κ2) is 6.39. The highest BCUT2D eigenvalue weighted by atomic mass is 127. The van der Waals surface area contributed by atoms with Gasteiger partial charge in [-0.05, 0) is 47.1 Å². The van der Waals surface area contributed by atoms with Crippen molar-refractivity contribution in [2.24, 2.45) is 11.8 Å². The maximum absolute atomic E-state index is 12.1. The highest BCUT2D eigenvalue weighted by Crippen LogP contribution is 2.30. The number of anilines is 1. The summed E-state index contributed by atoms with van der Waals surface area (Å²) in [7, 11) is 1.31. The number of halogens is 1. The number of carbonyl (C=O) groups excluding carboxylic acids is 2. The molecule has 0 saturated carbocycles. The maximum Gasteiger partial charge on any atom is 0.316 e. The van der Waals surface area contributed by atoms with E-state index in [2.05, 4.69) is 27.9 Å². The summed E-state index contributed by atoms with van der Waals surface area (Å²) in [6.07, 6.45) is 2.17. The summed E-state index contributed by atoms with van der Waals surface area (Å²) in [6, 6.07) is 7.86. The van der Waals surface area contributed by atoms with Crippen LogP contribution in [-0.4, -0.2) is 18.9 Å². The minimum atomic E-state index is -0.680. The number of ketones is 1. The second-order valence-corrected chi connectivity index (χ2v) is 6.02. The summed E-state index contributed by atoms with van der Waals surface area (Å²) < 4.78 is 5.78. The van der Waals surface area contributed by atoms with Crippen LogP contribution in [0.5, 0.6) is 0 Å². The molecule has 0 amide bonds. The van der Waals surface area contributed by atoms with Crippen LogP contribution < -0.4 is 5.32 Å². The van der Waals surface area contributed by atoms with Gasteiger partial charge in [0.05, 0.1) is 12.8 Å². The summed E-state index contributed by atoms with van der Waals surface area (Å²) in [5, 5.41) is 3.27. The average molecular weight is 385 g/mol. The minimum absolute atomic E-state index is 0.0659. The first-order valence-corrected chi connectivity index (χ1v) is 7.44. The molecule has 1 aromatic rings. The quantitative estimate of drug-likeness (QED) is 0.494. The Labute approximate surface area is 131 Å². The van der Waals surface area contributed by atoms with Crippen LogP contribution in [0.2, 0.25) is 0 Å². The molecule has 1 aliphatic rings. The highest BCUT2D eigenvalue weighted by molar-refractivity contribution is 14.1. The number of allylic oxidation sites excluding steroid dienone is 2. The SMILES string of the molecule is COC(=O)[C@@H]1C(=O)C=C(Nc2ccccc2I)C[C@H]1C. The molecule has 0 radical (unpaired) electrons. The van der Waals surface area contributed by atoms with E-state index in [0.717, 1.165) is 15.0 Å². The Kier molecular flexibility index (Phi) is 4.80. The van der Waals surface area contributed by atoms with E-state index in [0.29, 0.717) is 6.42 Å². The Morgan fingerprint density at radius 2 is 2.10 bits per heavy atom. The molecule has 1 aliphatic carbocycles. The van der Waals surface area contributed by atoms with Gasteiger partial charge >= 0.3 is 5.97 Å². The number of nitrogens with one attached hydrogen (secondary N) is 1. The summed E-state index contributed by atoms with van der Waals surface area (Å²) in [4.78, 5) is 23.7. The molecule has 0 fully saturated rings. The van der Waals surface area contributed by atoms with E-state index in [9.17, 15) is 9.59 Å². The first kappa shape index (κ1) is 15.0. The smallest absolute Gasteiger partial charge is 0.316 e. The third-order valence-electron chi connectivity index (χ3n) is 3.36. The monoisotopic (exact) mass is 385 g/mol. The zero-order valence-corrected chi connectivity index (χ0v) is 13.5. The molecule has 2 rings (SSSR count). The number of hydrogen-bond acceptors (Lipinski definition) is 4. The Hall–Kier alpha value is -1.37. The molecule has 1 N–H and O–H groups in total. The third kappa shape index (κ3) is 3.20. The molecule has 0 unspecified atom stereocenters. The fraction of sp³-hybridized carbons (Fsp3) is 0.333. The minimum Gasteiger partial charge on any atom is -0.468 e. The molecule has 106 valence electrons. The number of carbonyl (C=O) groups is 2. The van der Waals surface area contributed by atoms with E-state index in [4.69, 9.17) is 4.74 Å². The highest BCUT2D eigenvalue weighted by Gasteiger charge is 2.35. The van der Waals surface area contributed by atoms with Crippen molar-refractivity contribution in [2.75, 3.05) is 12.4 Å². The normalized spacial score (nSPS) is 22.1. The number of hydrogen-bond donors (Lipinski definition) is 1. The van der Waals surface area contributed by atoms with Gasteiger partial charge in [0, 0.05) is 15.3 Å². The lowest BCUT2D eigenvalue weighted by atomic mass is 9.82. The van der Waals surface area contributed by atoms with Crippen molar-refractivity contribution in [3.8, 4) is 0 Å². The van der Waals surface area contributed by atoms with E-state index in [1.165, 1.54) is 13.2 Å². The van der Waals surface area contributed by atoms with Crippen molar-refractivity contribution in [1.82, 2.24) is 0 Å². The van der Waals surface area contributed by atoms with Crippen LogP contribution in [-0.2, 0) is 14.3 Å². The lowest BCUT2D eigenvalue weighted by Crippen LogP contribution is -2.34. The molecule has 2 atom stereocenters. The molecule has 0 spiro atoms. The maximum atomic E-state index is 12.1. The summed E-state index contributed by atoms with van der Waals surface area (Å²) >= 11 is 2.24.